The number of hydrogen-bond donors (Lipinski definition) is 1. The Morgan fingerprint density at radius 3 is 2.59 bits per heavy atom. The number of hydrogen-bond acceptors (Lipinski definition) is 4. The molecule has 0 saturated carbocycles. The zero-order valence-electron chi connectivity index (χ0n) is 15.3. The van der Waals surface area contributed by atoms with Gasteiger partial charge in [-0.25, -0.2) is 8.42 Å². The van der Waals surface area contributed by atoms with Crippen LogP contribution >= 0.6 is 27.3 Å². The standard InChI is InChI=1S/C19H23BrN2O3S2/c1-3-14-6-8-15(9-7-14)13(2)21-19(23)16-5-4-12-22(16)27(24,25)18-11-10-17(20)26-18/h6-11,13,16H,3-5,12H2,1-2H3,(H,21,23)/t13-,16-/m0/s1. The van der Waals surface area contributed by atoms with Crippen molar-refractivity contribution in [3.8, 4) is 0 Å². The van der Waals surface area contributed by atoms with E-state index in [0.29, 0.717) is 19.4 Å². The largest absolute Gasteiger partial charge is 0.348 e. The van der Waals surface area contributed by atoms with Crippen molar-refractivity contribution in [3.63, 3.8) is 0 Å². The monoisotopic (exact) mass is 470 g/mol. The van der Waals surface area contributed by atoms with Crippen LogP contribution in [0, 0.1) is 0 Å². The van der Waals surface area contributed by atoms with Gasteiger partial charge in [0.25, 0.3) is 10.0 Å². The van der Waals surface area contributed by atoms with E-state index < -0.39 is 16.1 Å². The molecule has 1 aromatic carbocycles. The van der Waals surface area contributed by atoms with Crippen LogP contribution in [0.2, 0.25) is 0 Å². The van der Waals surface area contributed by atoms with Crippen LogP contribution in [0.15, 0.2) is 44.4 Å². The number of carbonyl (C=O) groups excluding carboxylic acids is 1. The van der Waals surface area contributed by atoms with Crippen LogP contribution in [0.5, 0.6) is 0 Å². The van der Waals surface area contributed by atoms with E-state index in [1.807, 2.05) is 19.1 Å². The molecule has 1 aliphatic rings. The van der Waals surface area contributed by atoms with Crippen LogP contribution in [0.1, 0.15) is 43.9 Å². The van der Waals surface area contributed by atoms with Gasteiger partial charge >= 0.3 is 0 Å². The van der Waals surface area contributed by atoms with E-state index in [1.165, 1.54) is 9.87 Å². The quantitative estimate of drug-likeness (QED) is 0.690. The topological polar surface area (TPSA) is 66.5 Å². The maximum Gasteiger partial charge on any atom is 0.253 e. The Kier molecular flexibility index (Phi) is 6.40. The number of thiophene rings is 1. The molecule has 0 unspecified atom stereocenters. The highest BCUT2D eigenvalue weighted by atomic mass is 79.9. The molecule has 1 aliphatic heterocycles. The fourth-order valence-corrected chi connectivity index (χ4v) is 7.07. The van der Waals surface area contributed by atoms with E-state index in [1.54, 1.807) is 12.1 Å². The third-order valence-electron chi connectivity index (χ3n) is 4.86. The lowest BCUT2D eigenvalue weighted by atomic mass is 10.0. The van der Waals surface area contributed by atoms with Gasteiger partial charge in [0.1, 0.15) is 10.3 Å². The highest BCUT2D eigenvalue weighted by Gasteiger charge is 2.40. The summed E-state index contributed by atoms with van der Waals surface area (Å²) in [7, 11) is -3.66. The maximum atomic E-state index is 12.9. The number of aryl methyl sites for hydroxylation is 1. The van der Waals surface area contributed by atoms with Crippen molar-refractivity contribution in [2.24, 2.45) is 0 Å². The molecule has 5 nitrogen and oxygen atoms in total. The van der Waals surface area contributed by atoms with Crippen LogP contribution < -0.4 is 5.32 Å². The lowest BCUT2D eigenvalue weighted by molar-refractivity contribution is -0.124. The van der Waals surface area contributed by atoms with E-state index in [9.17, 15) is 13.2 Å². The number of sulfonamides is 1. The van der Waals surface area contributed by atoms with Crippen LogP contribution in [0.3, 0.4) is 0 Å². The van der Waals surface area contributed by atoms with Crippen LogP contribution in [-0.2, 0) is 21.2 Å². The Morgan fingerprint density at radius 1 is 1.30 bits per heavy atom. The zero-order chi connectivity index (χ0) is 19.6. The second-order valence-electron chi connectivity index (χ2n) is 6.66. The van der Waals surface area contributed by atoms with E-state index in [4.69, 9.17) is 0 Å². The van der Waals surface area contributed by atoms with Gasteiger partial charge in [0.05, 0.1) is 9.83 Å². The van der Waals surface area contributed by atoms with Gasteiger partial charge in [0, 0.05) is 6.54 Å². The third kappa shape index (κ3) is 4.45. The second-order valence-corrected chi connectivity index (χ2v) is 11.2. The molecule has 0 aliphatic carbocycles. The molecule has 146 valence electrons. The van der Waals surface area contributed by atoms with Gasteiger partial charge < -0.3 is 5.32 Å². The first kappa shape index (κ1) is 20.5. The Hall–Kier alpha value is -1.22. The van der Waals surface area contributed by atoms with E-state index in [0.717, 1.165) is 27.1 Å². The van der Waals surface area contributed by atoms with Gasteiger partial charge in [0.2, 0.25) is 5.91 Å². The normalized spacial score (nSPS) is 19.1. The van der Waals surface area contributed by atoms with Gasteiger partial charge in [-0.3, -0.25) is 4.79 Å². The minimum Gasteiger partial charge on any atom is -0.348 e. The summed E-state index contributed by atoms with van der Waals surface area (Å²) in [5, 5.41) is 2.98. The second kappa shape index (κ2) is 8.43. The smallest absolute Gasteiger partial charge is 0.253 e. The Labute approximate surface area is 173 Å². The van der Waals surface area contributed by atoms with E-state index in [-0.39, 0.29) is 16.2 Å². The number of halogens is 1. The summed E-state index contributed by atoms with van der Waals surface area (Å²) in [5.74, 6) is -0.237. The van der Waals surface area contributed by atoms with Gasteiger partial charge in [-0.2, -0.15) is 4.31 Å². The predicted molar refractivity (Wildman–Crippen MR) is 111 cm³/mol. The van der Waals surface area contributed by atoms with Crippen molar-refractivity contribution < 1.29 is 13.2 Å². The van der Waals surface area contributed by atoms with Crippen molar-refractivity contribution >= 4 is 43.2 Å². The molecule has 8 heteroatoms. The molecule has 1 aromatic heterocycles. The van der Waals surface area contributed by atoms with Gasteiger partial charge in [-0.1, -0.05) is 31.2 Å². The summed E-state index contributed by atoms with van der Waals surface area (Å²) in [5.41, 5.74) is 2.25. The lowest BCUT2D eigenvalue weighted by Crippen LogP contribution is -2.46. The van der Waals surface area contributed by atoms with Crippen molar-refractivity contribution in [1.82, 2.24) is 9.62 Å². The molecule has 1 amide bonds. The molecular formula is C19H23BrN2O3S2. The summed E-state index contributed by atoms with van der Waals surface area (Å²) in [6.45, 7) is 4.39. The molecule has 0 bridgehead atoms. The molecule has 3 rings (SSSR count). The molecule has 2 heterocycles. The summed E-state index contributed by atoms with van der Waals surface area (Å²) >= 11 is 4.47. The van der Waals surface area contributed by atoms with Crippen LogP contribution in [0.4, 0.5) is 0 Å². The number of amides is 1. The fourth-order valence-electron chi connectivity index (χ4n) is 3.28. The van der Waals surface area contributed by atoms with E-state index in [2.05, 4.69) is 40.3 Å². The van der Waals surface area contributed by atoms with E-state index >= 15 is 0 Å². The average molecular weight is 471 g/mol. The number of rotatable bonds is 6. The molecule has 1 N–H and O–H groups in total. The molecule has 0 radical (unpaired) electrons. The Morgan fingerprint density at radius 2 is 2.00 bits per heavy atom. The summed E-state index contributed by atoms with van der Waals surface area (Å²) in [4.78, 5) is 12.8. The highest BCUT2D eigenvalue weighted by Crippen LogP contribution is 2.32. The molecule has 0 spiro atoms. The Bertz CT molecular complexity index is 909. The minimum atomic E-state index is -3.66. The van der Waals surface area contributed by atoms with Crippen molar-refractivity contribution in [1.29, 1.82) is 0 Å². The SMILES string of the molecule is CCc1ccc([C@H](C)NC(=O)[C@@H]2CCCN2S(=O)(=O)c2ccc(Br)s2)cc1. The molecule has 27 heavy (non-hydrogen) atoms. The minimum absolute atomic E-state index is 0.176. The number of benzene rings is 1. The van der Waals surface area contributed by atoms with Crippen LogP contribution in [-0.4, -0.2) is 31.2 Å². The average Bonchev–Trinajstić information content (AvgIpc) is 3.31. The first-order chi connectivity index (χ1) is 12.8. The highest BCUT2D eigenvalue weighted by molar-refractivity contribution is 9.11. The van der Waals surface area contributed by atoms with Gasteiger partial charge in [0.15, 0.2) is 0 Å². The van der Waals surface area contributed by atoms with Gasteiger partial charge in [-0.05, 0) is 65.4 Å². The van der Waals surface area contributed by atoms with Crippen molar-refractivity contribution in [2.75, 3.05) is 6.54 Å². The third-order valence-corrected chi connectivity index (χ3v) is 8.86. The summed E-state index contributed by atoms with van der Waals surface area (Å²) in [6, 6.07) is 10.6. The zero-order valence-corrected chi connectivity index (χ0v) is 18.5. The summed E-state index contributed by atoms with van der Waals surface area (Å²) in [6.07, 6.45) is 2.19. The van der Waals surface area contributed by atoms with Crippen LogP contribution in [0.25, 0.3) is 0 Å². The Balaban J connectivity index is 1.73. The maximum absolute atomic E-state index is 12.9. The number of carbonyl (C=O) groups is 1. The molecular weight excluding hydrogens is 448 g/mol. The van der Waals surface area contributed by atoms with Crippen molar-refractivity contribution in [3.05, 3.63) is 51.3 Å². The first-order valence-electron chi connectivity index (χ1n) is 8.99. The molecule has 2 atom stereocenters. The molecule has 2 aromatic rings. The summed E-state index contributed by atoms with van der Waals surface area (Å²) < 4.78 is 28.2. The van der Waals surface area contributed by atoms with Gasteiger partial charge in [-0.15, -0.1) is 11.3 Å². The number of nitrogens with zero attached hydrogens (tertiary/aromatic N) is 1. The first-order valence-corrected chi connectivity index (χ1v) is 12.0. The molecule has 1 fully saturated rings. The fraction of sp³-hybridized carbons (Fsp3) is 0.421. The van der Waals surface area contributed by atoms with Crippen molar-refractivity contribution in [2.45, 2.75) is 49.4 Å². The predicted octanol–water partition coefficient (Wildman–Crippen LogP) is 4.10. The number of nitrogens with one attached hydrogen (secondary N) is 1. The lowest BCUT2D eigenvalue weighted by Gasteiger charge is -2.24. The molecule has 1 saturated heterocycles.